The van der Waals surface area contributed by atoms with Crippen LogP contribution in [0.15, 0.2) is 24.3 Å². The van der Waals surface area contributed by atoms with Crippen LogP contribution >= 0.6 is 33.3 Å². The van der Waals surface area contributed by atoms with E-state index in [2.05, 4.69) is 31.9 Å². The zero-order valence-corrected chi connectivity index (χ0v) is 58.2. The molecule has 1 aromatic rings. The summed E-state index contributed by atoms with van der Waals surface area (Å²) in [6.45, 7) is 6.49. The summed E-state index contributed by atoms with van der Waals surface area (Å²) in [5.41, 5.74) is -1.05. The minimum atomic E-state index is -2.32. The van der Waals surface area contributed by atoms with Crippen molar-refractivity contribution < 1.29 is 115 Å². The predicted molar refractivity (Wildman–Crippen MR) is 354 cm³/mol. The van der Waals surface area contributed by atoms with Crippen molar-refractivity contribution in [1.29, 1.82) is 0 Å². The van der Waals surface area contributed by atoms with Gasteiger partial charge in [-0.1, -0.05) is 33.7 Å². The molecule has 6 N–H and O–H groups in total. The molecule has 0 spiro atoms. The molecule has 2 fully saturated rings. The number of nitrogens with zero attached hydrogens (tertiary/aromatic N) is 1. The second-order valence-electron chi connectivity index (χ2n) is 21.8. The Hall–Kier alpha value is -6.44. The molecule has 0 aromatic heterocycles. The average molecular weight is 1430 g/mol. The molecule has 0 bridgehead atoms. The molecule has 2 heterocycles. The van der Waals surface area contributed by atoms with Crippen molar-refractivity contribution in [2.75, 3.05) is 170 Å². The Bertz CT molecular complexity index is 2760. The number of hydrogen-bond acceptors (Lipinski definition) is 27. The predicted octanol–water partition coefficient (Wildman–Crippen LogP) is -0.124. The molecule has 31 nitrogen and oxygen atoms in total. The highest BCUT2D eigenvalue weighted by atomic mass is 33.2. The molecule has 2 aliphatic rings. The molecule has 97 heavy (non-hydrogen) atoms. The van der Waals surface area contributed by atoms with Crippen LogP contribution in [0.1, 0.15) is 84.6 Å². The van der Waals surface area contributed by atoms with Gasteiger partial charge in [0.2, 0.25) is 52.7 Å². The number of carbonyl (C=O) groups is 15. The molecule has 0 aliphatic carbocycles. The van der Waals surface area contributed by atoms with E-state index in [0.29, 0.717) is 38.5 Å². The molecule has 542 valence electrons. The Labute approximate surface area is 575 Å². The Morgan fingerprint density at radius 3 is 1.57 bits per heavy atom. The number of thioether (sulfide) groups is 1. The number of ether oxygens (including phenoxy) is 9. The zero-order valence-electron chi connectivity index (χ0n) is 55.8. The van der Waals surface area contributed by atoms with E-state index in [1.165, 1.54) is 35.6 Å². The van der Waals surface area contributed by atoms with Gasteiger partial charge in [-0.05, 0) is 51.8 Å². The van der Waals surface area contributed by atoms with Crippen molar-refractivity contribution in [2.45, 2.75) is 94.8 Å². The van der Waals surface area contributed by atoms with Gasteiger partial charge in [0.05, 0.1) is 117 Å². The number of aryl methyl sites for hydroxylation is 1. The summed E-state index contributed by atoms with van der Waals surface area (Å²) in [5.74, 6) is -8.49. The van der Waals surface area contributed by atoms with Crippen LogP contribution in [0.4, 0.5) is 5.69 Å². The van der Waals surface area contributed by atoms with Crippen LogP contribution in [0.3, 0.4) is 0 Å². The van der Waals surface area contributed by atoms with Gasteiger partial charge in [-0.3, -0.25) is 76.8 Å². The molecule has 2 saturated heterocycles. The van der Waals surface area contributed by atoms with E-state index in [9.17, 15) is 71.9 Å². The van der Waals surface area contributed by atoms with E-state index in [-0.39, 0.29) is 198 Å². The van der Waals surface area contributed by atoms with Gasteiger partial charge in [-0.25, -0.2) is 0 Å². The molecular weight excluding hydrogens is 1330 g/mol. The molecule has 34 heteroatoms. The highest BCUT2D eigenvalue weighted by Gasteiger charge is 2.57. The minimum Gasteiger partial charge on any atom is -0.379 e. The largest absolute Gasteiger partial charge is 0.379 e. The molecule has 1 unspecified atom stereocenters. The maximum atomic E-state index is 13.5. The van der Waals surface area contributed by atoms with Crippen LogP contribution < -0.4 is 31.9 Å². The van der Waals surface area contributed by atoms with Gasteiger partial charge in [-0.2, -0.15) is 0 Å². The van der Waals surface area contributed by atoms with E-state index in [1.54, 1.807) is 24.3 Å². The van der Waals surface area contributed by atoms with Crippen LogP contribution in [0.5, 0.6) is 0 Å². The summed E-state index contributed by atoms with van der Waals surface area (Å²) < 4.78 is 48.0. The summed E-state index contributed by atoms with van der Waals surface area (Å²) in [6.07, 6.45) is -0.0256. The molecule has 2 aliphatic heterocycles. The highest BCUT2D eigenvalue weighted by Crippen LogP contribution is 2.66. The number of anilines is 1. The normalized spacial score (nSPS) is 14.3. The van der Waals surface area contributed by atoms with Crippen molar-refractivity contribution in [1.82, 2.24) is 31.5 Å². The second kappa shape index (κ2) is 48.3. The maximum Gasteiger partial charge on any atom is 0.250 e. The first kappa shape index (κ1) is 84.8. The molecule has 0 saturated carbocycles. The number of hydrogen-bond donors (Lipinski definition) is 6. The first-order chi connectivity index (χ1) is 46.5. The first-order valence-corrected chi connectivity index (χ1v) is 35.0. The SMILES string of the molecule is CNC(=O)CCNC(=O)CCc1ccc(NC(=O)COCC(=O)NC[C@@H](CC(=O)CCSC2CC(=O)N(CCC(=O)NCCOCCOCCOCCOCCC(=O)C3(C(C)=O)SS3)C2=O)C(=O)NCCOCCOCCOCCOCCC(=O)C(C(C)=O)(C(C)=O)C(C)=O)cc1. The monoisotopic (exact) mass is 1430 g/mol. The number of carbonyl (C=O) groups excluding carboxylic acids is 15. The van der Waals surface area contributed by atoms with Gasteiger partial charge >= 0.3 is 0 Å². The maximum absolute atomic E-state index is 13.5. The van der Waals surface area contributed by atoms with E-state index in [4.69, 9.17) is 42.6 Å². The fourth-order valence-corrected chi connectivity index (χ4v) is 12.6. The molecule has 8 amide bonds. The third kappa shape index (κ3) is 33.3. The lowest BCUT2D eigenvalue weighted by Crippen LogP contribution is -2.50. The minimum absolute atomic E-state index is 0.0258. The number of nitrogens with one attached hydrogen (secondary N) is 6. The van der Waals surface area contributed by atoms with Crippen molar-refractivity contribution in [2.24, 2.45) is 11.3 Å². The number of ketones is 7. The number of imide groups is 1. The Morgan fingerprint density at radius 1 is 0.546 bits per heavy atom. The number of rotatable bonds is 59. The van der Waals surface area contributed by atoms with Crippen LogP contribution in [-0.2, 0) is 121 Å². The van der Waals surface area contributed by atoms with Crippen molar-refractivity contribution in [3.63, 3.8) is 0 Å². The smallest absolute Gasteiger partial charge is 0.250 e. The Kier molecular flexibility index (Phi) is 42.2. The number of amides is 8. The topological polar surface area (TPSA) is 415 Å². The van der Waals surface area contributed by atoms with Crippen LogP contribution in [0, 0.1) is 11.3 Å². The lowest BCUT2D eigenvalue weighted by atomic mass is 9.72. The van der Waals surface area contributed by atoms with Crippen molar-refractivity contribution in [3.8, 4) is 0 Å². The fraction of sp³-hybridized carbons (Fsp3) is 0.667. The summed E-state index contributed by atoms with van der Waals surface area (Å²) in [6, 6.07) is 6.76. The number of likely N-dealkylation sites (tertiary alicyclic amines) is 1. The van der Waals surface area contributed by atoms with Crippen molar-refractivity contribution >= 4 is 127 Å². The van der Waals surface area contributed by atoms with Gasteiger partial charge in [0, 0.05) is 103 Å². The Balaban J connectivity index is 1.34. The third-order valence-electron chi connectivity index (χ3n) is 14.5. The fourth-order valence-electron chi connectivity index (χ4n) is 9.17. The molecule has 0 radical (unpaired) electrons. The standard InChI is InChI=1S/C63H93N7O24S3/c1-43(71)62(44(2)72,45(3)73)52(76)14-21-86-25-29-90-33-36-93-32-28-89-24-19-67-60(84)48(40-68-57(81)41-94-42-58(82)69-49-9-6-47(7-10-49)8-11-55(79)65-17-12-54(78)64-5)38-50(75)16-37-95-51-39-59(83)70(61(51)85)20-13-56(80)66-18-23-88-27-31-92-35-34-91-30-26-87-22-15-53(77)63(46(4)74)96-97-63/h6-7,9-10,48,51H,8,11-42H2,1-5H3,(H,64,78)(H,65,79)(H,66,80)(H,67,84)(H,68,81)(H,69,82)/t48-,51?/m1/s1. The van der Waals surface area contributed by atoms with E-state index in [1.807, 2.05) is 0 Å². The lowest BCUT2D eigenvalue weighted by molar-refractivity contribution is -0.154. The summed E-state index contributed by atoms with van der Waals surface area (Å²) in [4.78, 5) is 188. The number of benzene rings is 1. The highest BCUT2D eigenvalue weighted by molar-refractivity contribution is 8.94. The quantitative estimate of drug-likeness (QED) is 0.0163. The van der Waals surface area contributed by atoms with Crippen LogP contribution in [0.25, 0.3) is 0 Å². The molecular formula is C63H93N7O24S3. The lowest BCUT2D eigenvalue weighted by Gasteiger charge is -2.23. The Morgan fingerprint density at radius 2 is 1.04 bits per heavy atom. The summed E-state index contributed by atoms with van der Waals surface area (Å²) in [5, 5.41) is 15.0. The average Bonchev–Trinajstić information content (AvgIpc) is 1.76. The van der Waals surface area contributed by atoms with Crippen LogP contribution in [0.2, 0.25) is 0 Å². The van der Waals surface area contributed by atoms with Gasteiger partial charge in [0.25, 0.3) is 0 Å². The molecule has 1 aromatic carbocycles. The van der Waals surface area contributed by atoms with Gasteiger partial charge in [0.15, 0.2) is 38.8 Å². The third-order valence-corrected chi connectivity index (χ3v) is 18.8. The van der Waals surface area contributed by atoms with Crippen molar-refractivity contribution in [3.05, 3.63) is 29.8 Å². The van der Waals surface area contributed by atoms with Gasteiger partial charge in [0.1, 0.15) is 19.0 Å². The van der Waals surface area contributed by atoms with Gasteiger partial charge < -0.3 is 74.5 Å². The van der Waals surface area contributed by atoms with E-state index >= 15 is 0 Å². The zero-order chi connectivity index (χ0) is 71.4. The van der Waals surface area contributed by atoms with E-state index < -0.39 is 92.5 Å². The van der Waals surface area contributed by atoms with Crippen LogP contribution in [-0.4, -0.2) is 266 Å². The summed E-state index contributed by atoms with van der Waals surface area (Å²) in [7, 11) is 4.05. The molecule has 3 rings (SSSR count). The first-order valence-electron chi connectivity index (χ1n) is 31.8. The van der Waals surface area contributed by atoms with E-state index in [0.717, 1.165) is 43.0 Å². The summed E-state index contributed by atoms with van der Waals surface area (Å²) >= 11 is 1.10. The van der Waals surface area contributed by atoms with Gasteiger partial charge in [-0.15, -0.1) is 11.8 Å². The molecule has 2 atom stereocenters. The second-order valence-corrected chi connectivity index (χ2v) is 26.0. The number of Topliss-reactive ketones (excluding diaryl/α,β-unsaturated/α-hetero) is 7.